The van der Waals surface area contributed by atoms with E-state index in [1.165, 1.54) is 26.4 Å². The number of hydrogen-bond acceptors (Lipinski definition) is 6. The van der Waals surface area contributed by atoms with Crippen molar-refractivity contribution < 1.29 is 22.7 Å². The number of ether oxygens (including phenoxy) is 2. The first-order chi connectivity index (χ1) is 13.3. The van der Waals surface area contributed by atoms with E-state index >= 15 is 0 Å². The van der Waals surface area contributed by atoms with E-state index in [4.69, 9.17) is 9.47 Å². The summed E-state index contributed by atoms with van der Waals surface area (Å²) in [5.74, 6) is 0.305. The van der Waals surface area contributed by atoms with Gasteiger partial charge < -0.3 is 9.47 Å². The Hall–Kier alpha value is -2.91. The Morgan fingerprint density at radius 3 is 2.61 bits per heavy atom. The van der Waals surface area contributed by atoms with Crippen molar-refractivity contribution in [2.45, 2.75) is 11.8 Å². The first kappa shape index (κ1) is 21.4. The minimum atomic E-state index is -3.91. The first-order valence-electron chi connectivity index (χ1n) is 8.35. The van der Waals surface area contributed by atoms with Crippen LogP contribution >= 0.6 is 0 Å². The number of likely N-dealkylation sites (N-methyl/N-ethyl adjacent to an activating group) is 1. The predicted molar refractivity (Wildman–Crippen MR) is 106 cm³/mol. The second kappa shape index (κ2) is 9.34. The molecule has 0 bridgehead atoms. The summed E-state index contributed by atoms with van der Waals surface area (Å²) in [5.41, 5.74) is 3.81. The zero-order valence-corrected chi connectivity index (χ0v) is 17.0. The Bertz CT molecular complexity index is 973. The van der Waals surface area contributed by atoms with Crippen LogP contribution in [-0.2, 0) is 14.8 Å². The number of methoxy groups -OCH3 is 2. The Balaban J connectivity index is 2.05. The molecule has 28 heavy (non-hydrogen) atoms. The van der Waals surface area contributed by atoms with E-state index in [0.717, 1.165) is 15.4 Å². The molecule has 150 valence electrons. The van der Waals surface area contributed by atoms with E-state index in [-0.39, 0.29) is 10.6 Å². The Morgan fingerprint density at radius 1 is 1.18 bits per heavy atom. The molecule has 0 atom stereocenters. The van der Waals surface area contributed by atoms with Crippen LogP contribution in [0.15, 0.2) is 52.5 Å². The van der Waals surface area contributed by atoms with Gasteiger partial charge in [0.1, 0.15) is 16.4 Å². The molecule has 2 aromatic carbocycles. The number of carbonyl (C=O) groups excluding carboxylic acids is 1. The Labute approximate surface area is 164 Å². The highest BCUT2D eigenvalue weighted by Gasteiger charge is 2.26. The van der Waals surface area contributed by atoms with Crippen LogP contribution in [0.1, 0.15) is 11.1 Å². The average molecular weight is 405 g/mol. The number of amides is 1. The van der Waals surface area contributed by atoms with Crippen molar-refractivity contribution in [1.82, 2.24) is 9.73 Å². The normalized spacial score (nSPS) is 11.6. The third kappa shape index (κ3) is 5.30. The van der Waals surface area contributed by atoms with Crippen LogP contribution in [0.3, 0.4) is 0 Å². The average Bonchev–Trinajstić information content (AvgIpc) is 2.68. The number of sulfonamides is 1. The molecule has 2 rings (SSSR count). The van der Waals surface area contributed by atoms with Crippen molar-refractivity contribution in [2.75, 3.05) is 27.8 Å². The molecule has 0 saturated heterocycles. The van der Waals surface area contributed by atoms with E-state index in [1.807, 2.05) is 0 Å². The molecule has 0 aliphatic heterocycles. The minimum absolute atomic E-state index is 0.00480. The van der Waals surface area contributed by atoms with Gasteiger partial charge in [-0.2, -0.15) is 9.41 Å². The van der Waals surface area contributed by atoms with Gasteiger partial charge in [-0.1, -0.05) is 18.2 Å². The Morgan fingerprint density at radius 2 is 1.93 bits per heavy atom. The molecule has 0 aliphatic carbocycles. The van der Waals surface area contributed by atoms with Gasteiger partial charge in [0.2, 0.25) is 10.0 Å². The highest BCUT2D eigenvalue weighted by Crippen LogP contribution is 2.27. The molecule has 0 aliphatic rings. The van der Waals surface area contributed by atoms with Crippen molar-refractivity contribution in [2.24, 2.45) is 5.10 Å². The van der Waals surface area contributed by atoms with E-state index in [1.54, 1.807) is 50.4 Å². The van der Waals surface area contributed by atoms with Crippen molar-refractivity contribution in [1.29, 1.82) is 0 Å². The fourth-order valence-electron chi connectivity index (χ4n) is 2.38. The number of nitrogens with zero attached hydrogens (tertiary/aromatic N) is 2. The molecule has 2 aromatic rings. The largest absolute Gasteiger partial charge is 0.497 e. The van der Waals surface area contributed by atoms with Crippen LogP contribution in [0.4, 0.5) is 0 Å². The molecular formula is C19H23N3O5S. The summed E-state index contributed by atoms with van der Waals surface area (Å²) < 4.78 is 36.7. The SMILES string of the molecule is COc1cccc(/C=N\NC(=O)CN(C)S(=O)(=O)c2cc(C)ccc2OC)c1. The Kier molecular flexibility index (Phi) is 7.13. The van der Waals surface area contributed by atoms with Gasteiger partial charge in [0, 0.05) is 7.05 Å². The number of nitrogens with one attached hydrogen (secondary N) is 1. The fourth-order valence-corrected chi connectivity index (χ4v) is 3.74. The summed E-state index contributed by atoms with van der Waals surface area (Å²) in [6.45, 7) is 1.38. The summed E-state index contributed by atoms with van der Waals surface area (Å²) in [6, 6.07) is 11.9. The zero-order chi connectivity index (χ0) is 20.7. The molecule has 1 N–H and O–H groups in total. The molecule has 0 fully saturated rings. The van der Waals surface area contributed by atoms with Crippen LogP contribution in [0, 0.1) is 6.92 Å². The summed E-state index contributed by atoms with van der Waals surface area (Å²) in [6.07, 6.45) is 1.44. The minimum Gasteiger partial charge on any atom is -0.497 e. The number of rotatable bonds is 8. The number of aryl methyl sites for hydroxylation is 1. The van der Waals surface area contributed by atoms with Gasteiger partial charge in [-0.05, 0) is 42.3 Å². The molecule has 0 radical (unpaired) electrons. The van der Waals surface area contributed by atoms with E-state index in [9.17, 15) is 13.2 Å². The second-order valence-corrected chi connectivity index (χ2v) is 8.00. The first-order valence-corrected chi connectivity index (χ1v) is 9.79. The zero-order valence-electron chi connectivity index (χ0n) is 16.2. The topological polar surface area (TPSA) is 97.3 Å². The molecule has 0 heterocycles. The molecule has 0 saturated carbocycles. The lowest BCUT2D eigenvalue weighted by atomic mass is 10.2. The van der Waals surface area contributed by atoms with Crippen molar-refractivity contribution in [3.63, 3.8) is 0 Å². The number of carbonyl (C=O) groups is 1. The highest BCUT2D eigenvalue weighted by molar-refractivity contribution is 7.89. The van der Waals surface area contributed by atoms with Crippen molar-refractivity contribution in [3.8, 4) is 11.5 Å². The smallest absolute Gasteiger partial charge is 0.255 e. The number of hydrogen-bond donors (Lipinski definition) is 1. The van der Waals surface area contributed by atoms with E-state index < -0.39 is 22.5 Å². The molecule has 0 aromatic heterocycles. The van der Waals surface area contributed by atoms with Gasteiger partial charge >= 0.3 is 0 Å². The monoisotopic (exact) mass is 405 g/mol. The lowest BCUT2D eigenvalue weighted by Gasteiger charge is -2.18. The summed E-state index contributed by atoms with van der Waals surface area (Å²) in [5, 5.41) is 3.85. The summed E-state index contributed by atoms with van der Waals surface area (Å²) >= 11 is 0. The second-order valence-electron chi connectivity index (χ2n) is 5.99. The van der Waals surface area contributed by atoms with Crippen LogP contribution in [-0.4, -0.2) is 52.7 Å². The highest BCUT2D eigenvalue weighted by atomic mass is 32.2. The molecule has 1 amide bonds. The standard InChI is InChI=1S/C19H23N3O5S/c1-14-8-9-17(27-4)18(10-14)28(24,25)22(2)13-19(23)21-20-12-15-6-5-7-16(11-15)26-3/h5-12H,13H2,1-4H3,(H,21,23)/b20-12-. The maximum atomic E-state index is 12.8. The van der Waals surface area contributed by atoms with Gasteiger partial charge in [-0.15, -0.1) is 0 Å². The summed E-state index contributed by atoms with van der Waals surface area (Å²) in [7, 11) is 0.361. The molecule has 0 spiro atoms. The van der Waals surface area contributed by atoms with E-state index in [0.29, 0.717) is 5.75 Å². The van der Waals surface area contributed by atoms with Gasteiger partial charge in [-0.3, -0.25) is 4.79 Å². The van der Waals surface area contributed by atoms with Gasteiger partial charge in [-0.25, -0.2) is 13.8 Å². The van der Waals surface area contributed by atoms with Crippen LogP contribution < -0.4 is 14.9 Å². The third-order valence-corrected chi connectivity index (χ3v) is 5.69. The number of benzene rings is 2. The molecular weight excluding hydrogens is 382 g/mol. The maximum absolute atomic E-state index is 12.8. The third-order valence-electron chi connectivity index (χ3n) is 3.87. The lowest BCUT2D eigenvalue weighted by Crippen LogP contribution is -2.36. The fraction of sp³-hybridized carbons (Fsp3) is 0.263. The van der Waals surface area contributed by atoms with Gasteiger partial charge in [0.25, 0.3) is 5.91 Å². The van der Waals surface area contributed by atoms with Crippen LogP contribution in [0.25, 0.3) is 0 Å². The number of hydrazone groups is 1. The lowest BCUT2D eigenvalue weighted by molar-refractivity contribution is -0.121. The predicted octanol–water partition coefficient (Wildman–Crippen LogP) is 1.78. The molecule has 9 heteroatoms. The van der Waals surface area contributed by atoms with Gasteiger partial charge in [0.05, 0.1) is 27.0 Å². The molecule has 0 unspecified atom stereocenters. The molecule has 8 nitrogen and oxygen atoms in total. The quantitative estimate of drug-likeness (QED) is 0.533. The van der Waals surface area contributed by atoms with Gasteiger partial charge in [0.15, 0.2) is 0 Å². The van der Waals surface area contributed by atoms with E-state index in [2.05, 4.69) is 10.5 Å². The summed E-state index contributed by atoms with van der Waals surface area (Å²) in [4.78, 5) is 12.1. The van der Waals surface area contributed by atoms with Crippen LogP contribution in [0.5, 0.6) is 11.5 Å². The van der Waals surface area contributed by atoms with Crippen molar-refractivity contribution >= 4 is 22.1 Å². The van der Waals surface area contributed by atoms with Crippen LogP contribution in [0.2, 0.25) is 0 Å². The van der Waals surface area contributed by atoms with Crippen molar-refractivity contribution in [3.05, 3.63) is 53.6 Å². The maximum Gasteiger partial charge on any atom is 0.255 e.